The third-order valence-corrected chi connectivity index (χ3v) is 6.68. The maximum Gasteiger partial charge on any atom is 0.275 e. The lowest BCUT2D eigenvalue weighted by Gasteiger charge is -2.34. The summed E-state index contributed by atoms with van der Waals surface area (Å²) in [5.41, 5.74) is 2.13. The second-order valence-electron chi connectivity index (χ2n) is 6.39. The number of carbonyl (C=O) groups is 2. The molecule has 0 radical (unpaired) electrons. The molecule has 1 aromatic carbocycles. The molecule has 7 heteroatoms. The summed E-state index contributed by atoms with van der Waals surface area (Å²) in [4.78, 5) is 26.9. The molecule has 0 fully saturated rings. The van der Waals surface area contributed by atoms with Crippen LogP contribution in [0.4, 0.5) is 10.7 Å². The summed E-state index contributed by atoms with van der Waals surface area (Å²) >= 11 is 5.07. The molecule has 122 valence electrons. The number of benzene rings is 1. The van der Waals surface area contributed by atoms with E-state index < -0.39 is 5.66 Å². The molecule has 0 bridgehead atoms. The van der Waals surface area contributed by atoms with E-state index in [-0.39, 0.29) is 11.8 Å². The van der Waals surface area contributed by atoms with Crippen molar-refractivity contribution in [1.29, 1.82) is 0 Å². The number of thiophene rings is 1. The van der Waals surface area contributed by atoms with Gasteiger partial charge in [0.05, 0.1) is 5.56 Å². The maximum absolute atomic E-state index is 12.9. The van der Waals surface area contributed by atoms with Crippen LogP contribution in [0, 0.1) is 0 Å². The normalized spacial score (nSPS) is 23.9. The van der Waals surface area contributed by atoms with Crippen molar-refractivity contribution in [2.24, 2.45) is 0 Å². The Bertz CT molecular complexity index is 923. The minimum absolute atomic E-state index is 0.161. The van der Waals surface area contributed by atoms with Crippen LogP contribution in [0.3, 0.4) is 0 Å². The minimum atomic E-state index is -1.23. The molecule has 2 aliphatic heterocycles. The van der Waals surface area contributed by atoms with Gasteiger partial charge >= 0.3 is 0 Å². The fourth-order valence-corrected chi connectivity index (χ4v) is 5.55. The zero-order valence-electron chi connectivity index (χ0n) is 12.7. The van der Waals surface area contributed by atoms with Crippen molar-refractivity contribution in [1.82, 2.24) is 5.32 Å². The number of anilines is 2. The molecule has 1 aromatic heterocycles. The Morgan fingerprint density at radius 2 is 1.96 bits per heavy atom. The van der Waals surface area contributed by atoms with E-state index in [0.717, 1.165) is 57.5 Å². The van der Waals surface area contributed by atoms with Gasteiger partial charge in [0.25, 0.3) is 11.8 Å². The molecular weight excluding hydrogens is 390 g/mol. The van der Waals surface area contributed by atoms with Crippen LogP contribution in [-0.2, 0) is 23.3 Å². The number of carbonyl (C=O) groups excluding carboxylic acids is 2. The monoisotopic (exact) mass is 403 g/mol. The Hall–Kier alpha value is -1.86. The highest BCUT2D eigenvalue weighted by molar-refractivity contribution is 9.10. The number of halogens is 1. The Labute approximate surface area is 151 Å². The molecule has 0 saturated heterocycles. The smallest absolute Gasteiger partial charge is 0.275 e. The van der Waals surface area contributed by atoms with Crippen LogP contribution in [0.5, 0.6) is 0 Å². The van der Waals surface area contributed by atoms with Crippen LogP contribution in [0.1, 0.15) is 39.2 Å². The molecule has 1 aliphatic carbocycles. The van der Waals surface area contributed by atoms with E-state index in [1.165, 1.54) is 4.88 Å². The molecule has 3 heterocycles. The predicted molar refractivity (Wildman–Crippen MR) is 96.5 cm³/mol. The van der Waals surface area contributed by atoms with Crippen LogP contribution in [-0.4, -0.2) is 11.8 Å². The average Bonchev–Trinajstić information content (AvgIpc) is 3.05. The number of aryl methyl sites for hydroxylation is 1. The maximum atomic E-state index is 12.9. The fourth-order valence-electron chi connectivity index (χ4n) is 3.85. The number of rotatable bonds is 0. The molecule has 2 amide bonds. The van der Waals surface area contributed by atoms with E-state index in [0.29, 0.717) is 0 Å². The quantitative estimate of drug-likeness (QED) is 0.631. The Morgan fingerprint density at radius 3 is 2.83 bits per heavy atom. The van der Waals surface area contributed by atoms with E-state index in [9.17, 15) is 9.59 Å². The van der Waals surface area contributed by atoms with Crippen molar-refractivity contribution >= 4 is 49.8 Å². The number of fused-ring (bicyclic) bond motifs is 5. The second-order valence-corrected chi connectivity index (χ2v) is 8.41. The highest BCUT2D eigenvalue weighted by Gasteiger charge is 2.52. The molecule has 5 nitrogen and oxygen atoms in total. The third kappa shape index (κ3) is 1.79. The molecule has 2 aromatic rings. The van der Waals surface area contributed by atoms with Gasteiger partial charge in [-0.3, -0.25) is 9.59 Å². The summed E-state index contributed by atoms with van der Waals surface area (Å²) < 4.78 is 0.865. The number of nitrogens with one attached hydrogen (secondary N) is 3. The summed E-state index contributed by atoms with van der Waals surface area (Å²) in [6.07, 6.45) is 4.24. The molecule has 0 unspecified atom stereocenters. The van der Waals surface area contributed by atoms with E-state index in [1.807, 2.05) is 18.2 Å². The summed E-state index contributed by atoms with van der Waals surface area (Å²) in [6, 6.07) is 5.59. The van der Waals surface area contributed by atoms with Gasteiger partial charge in [-0.05, 0) is 49.4 Å². The van der Waals surface area contributed by atoms with Gasteiger partial charge in [0.15, 0.2) is 0 Å². The highest BCUT2D eigenvalue weighted by Crippen LogP contribution is 2.46. The van der Waals surface area contributed by atoms with Gasteiger partial charge in [-0.15, -0.1) is 11.3 Å². The average molecular weight is 404 g/mol. The van der Waals surface area contributed by atoms with Gasteiger partial charge in [0, 0.05) is 20.6 Å². The number of hydrogen-bond acceptors (Lipinski definition) is 4. The van der Waals surface area contributed by atoms with Gasteiger partial charge in [-0.1, -0.05) is 15.9 Å². The topological polar surface area (TPSA) is 70.2 Å². The van der Waals surface area contributed by atoms with Crippen LogP contribution < -0.4 is 16.0 Å². The molecule has 5 rings (SSSR count). The summed E-state index contributed by atoms with van der Waals surface area (Å²) in [6.45, 7) is 0. The highest BCUT2D eigenvalue weighted by atomic mass is 79.9. The van der Waals surface area contributed by atoms with E-state index in [4.69, 9.17) is 0 Å². The first-order valence-electron chi connectivity index (χ1n) is 7.95. The van der Waals surface area contributed by atoms with Gasteiger partial charge in [0.1, 0.15) is 5.00 Å². The van der Waals surface area contributed by atoms with E-state index in [2.05, 4.69) is 31.9 Å². The largest absolute Gasteiger partial charge is 0.342 e. The fraction of sp³-hybridized carbons (Fsp3) is 0.294. The minimum Gasteiger partial charge on any atom is -0.342 e. The molecule has 24 heavy (non-hydrogen) atoms. The first-order chi connectivity index (χ1) is 11.6. The number of amides is 2. The van der Waals surface area contributed by atoms with Crippen molar-refractivity contribution in [3.63, 3.8) is 0 Å². The van der Waals surface area contributed by atoms with Crippen molar-refractivity contribution in [3.8, 4) is 0 Å². The molecule has 3 aliphatic rings. The Morgan fingerprint density at radius 1 is 1.12 bits per heavy atom. The van der Waals surface area contributed by atoms with E-state index >= 15 is 0 Å². The lowest BCUT2D eigenvalue weighted by atomic mass is 9.92. The van der Waals surface area contributed by atoms with Crippen LogP contribution in [0.25, 0.3) is 0 Å². The third-order valence-electron chi connectivity index (χ3n) is 4.97. The van der Waals surface area contributed by atoms with Crippen molar-refractivity contribution in [2.45, 2.75) is 31.3 Å². The molecule has 1 spiro atoms. The lowest BCUT2D eigenvalue weighted by molar-refractivity contribution is -0.120. The van der Waals surface area contributed by atoms with Gasteiger partial charge < -0.3 is 16.0 Å². The van der Waals surface area contributed by atoms with Crippen molar-refractivity contribution in [2.75, 3.05) is 10.6 Å². The molecular formula is C17H14BrN3O2S. The van der Waals surface area contributed by atoms with Gasteiger partial charge in [0.2, 0.25) is 5.66 Å². The summed E-state index contributed by atoms with van der Waals surface area (Å²) in [5.74, 6) is -0.410. The van der Waals surface area contributed by atoms with Crippen LogP contribution in [0.15, 0.2) is 22.7 Å². The van der Waals surface area contributed by atoms with E-state index in [1.54, 1.807) is 11.3 Å². The molecule has 1 atom stereocenters. The SMILES string of the molecule is O=C1N[C@@]2(Nc3sc4c(c31)CCCC4)C(=O)Nc1ccc(Br)cc12. The molecule has 3 N–H and O–H groups in total. The first-order valence-corrected chi connectivity index (χ1v) is 9.56. The van der Waals surface area contributed by atoms with Gasteiger partial charge in [-0.2, -0.15) is 0 Å². The summed E-state index contributed by atoms with van der Waals surface area (Å²) in [7, 11) is 0. The Kier molecular flexibility index (Phi) is 2.91. The zero-order valence-corrected chi connectivity index (χ0v) is 15.1. The lowest BCUT2D eigenvalue weighted by Crippen LogP contribution is -2.58. The second kappa shape index (κ2) is 4.83. The van der Waals surface area contributed by atoms with Crippen LogP contribution >= 0.6 is 27.3 Å². The first kappa shape index (κ1) is 14.5. The van der Waals surface area contributed by atoms with Crippen molar-refractivity contribution in [3.05, 3.63) is 44.2 Å². The Balaban J connectivity index is 1.68. The predicted octanol–water partition coefficient (Wildman–Crippen LogP) is 3.35. The zero-order chi connectivity index (χ0) is 16.5. The van der Waals surface area contributed by atoms with Crippen molar-refractivity contribution < 1.29 is 9.59 Å². The number of hydrogen-bond donors (Lipinski definition) is 3. The van der Waals surface area contributed by atoms with Crippen LogP contribution in [0.2, 0.25) is 0 Å². The standard InChI is InChI=1S/C17H14BrN3O2S/c18-8-5-6-11-10(7-8)17(16(23)19-11)20-14(22)13-9-3-1-2-4-12(9)24-15(13)21-17/h5-7,21H,1-4H2,(H,19,23)(H,20,22)/t17-/m0/s1. The summed E-state index contributed by atoms with van der Waals surface area (Å²) in [5, 5.41) is 9.97. The molecule has 0 saturated carbocycles. The van der Waals surface area contributed by atoms with Gasteiger partial charge in [-0.25, -0.2) is 0 Å².